The molecule has 1 heterocycles. The van der Waals surface area contributed by atoms with E-state index in [4.69, 9.17) is 11.6 Å². The zero-order valence-electron chi connectivity index (χ0n) is 16.6. The average molecular weight is 418 g/mol. The summed E-state index contributed by atoms with van der Waals surface area (Å²) in [6, 6.07) is 20.8. The van der Waals surface area contributed by atoms with Crippen molar-refractivity contribution in [1.29, 1.82) is 0 Å². The van der Waals surface area contributed by atoms with E-state index in [1.807, 2.05) is 44.2 Å². The standard InChI is InChI=1S/C25H20ClNO3/c1-15-8-11-17(12-9-15)22-21(23(28)18-6-4-3-5-7-18)24(29)25(30)27(22)19-13-10-16(2)20(26)14-19/h3-14,22,28H,1-2H3/b23-21+/t22-/m1/s1. The molecule has 1 aliphatic heterocycles. The molecule has 0 radical (unpaired) electrons. The summed E-state index contributed by atoms with van der Waals surface area (Å²) in [4.78, 5) is 27.6. The predicted octanol–water partition coefficient (Wildman–Crippen LogP) is 5.58. The van der Waals surface area contributed by atoms with Crippen LogP contribution in [0.5, 0.6) is 0 Å². The molecule has 1 N–H and O–H groups in total. The highest BCUT2D eigenvalue weighted by Gasteiger charge is 2.47. The maximum atomic E-state index is 13.1. The molecule has 0 aromatic heterocycles. The van der Waals surface area contributed by atoms with E-state index in [9.17, 15) is 14.7 Å². The molecule has 0 aliphatic carbocycles. The summed E-state index contributed by atoms with van der Waals surface area (Å²) >= 11 is 6.30. The topological polar surface area (TPSA) is 57.6 Å². The van der Waals surface area contributed by atoms with Gasteiger partial charge in [-0.15, -0.1) is 0 Å². The number of aryl methyl sites for hydroxylation is 2. The summed E-state index contributed by atoms with van der Waals surface area (Å²) < 4.78 is 0. The van der Waals surface area contributed by atoms with Crippen molar-refractivity contribution >= 4 is 34.7 Å². The molecule has 0 spiro atoms. The van der Waals surface area contributed by atoms with Crippen molar-refractivity contribution in [3.05, 3.63) is 106 Å². The lowest BCUT2D eigenvalue weighted by atomic mass is 9.94. The minimum absolute atomic E-state index is 0.0618. The lowest BCUT2D eigenvalue weighted by molar-refractivity contribution is -0.132. The van der Waals surface area contributed by atoms with E-state index in [2.05, 4.69) is 0 Å². The fraction of sp³-hybridized carbons (Fsp3) is 0.120. The lowest BCUT2D eigenvalue weighted by Crippen LogP contribution is -2.29. The number of hydrogen-bond acceptors (Lipinski definition) is 3. The van der Waals surface area contributed by atoms with Crippen LogP contribution in [-0.2, 0) is 9.59 Å². The first kappa shape index (κ1) is 19.9. The van der Waals surface area contributed by atoms with E-state index in [1.54, 1.807) is 42.5 Å². The average Bonchev–Trinajstić information content (AvgIpc) is 3.01. The molecular formula is C25H20ClNO3. The third-order valence-corrected chi connectivity index (χ3v) is 5.73. The second-order valence-corrected chi connectivity index (χ2v) is 7.79. The van der Waals surface area contributed by atoms with Crippen LogP contribution in [0, 0.1) is 13.8 Å². The number of aliphatic hydroxyl groups excluding tert-OH is 1. The number of carbonyl (C=O) groups excluding carboxylic acids is 2. The van der Waals surface area contributed by atoms with Crippen molar-refractivity contribution in [2.45, 2.75) is 19.9 Å². The van der Waals surface area contributed by atoms with Crippen LogP contribution in [0.25, 0.3) is 5.76 Å². The highest BCUT2D eigenvalue weighted by molar-refractivity contribution is 6.51. The fourth-order valence-electron chi connectivity index (χ4n) is 3.65. The van der Waals surface area contributed by atoms with Gasteiger partial charge in [-0.2, -0.15) is 0 Å². The van der Waals surface area contributed by atoms with Gasteiger partial charge in [-0.3, -0.25) is 14.5 Å². The summed E-state index contributed by atoms with van der Waals surface area (Å²) in [5.74, 6) is -1.61. The van der Waals surface area contributed by atoms with Gasteiger partial charge in [0.15, 0.2) is 0 Å². The molecule has 5 heteroatoms. The molecule has 0 unspecified atom stereocenters. The molecule has 0 bridgehead atoms. The van der Waals surface area contributed by atoms with Gasteiger partial charge < -0.3 is 5.11 Å². The third-order valence-electron chi connectivity index (χ3n) is 5.32. The Morgan fingerprint density at radius 1 is 0.933 bits per heavy atom. The molecule has 3 aromatic carbocycles. The van der Waals surface area contributed by atoms with Crippen molar-refractivity contribution in [3.8, 4) is 0 Å². The summed E-state index contributed by atoms with van der Waals surface area (Å²) in [6.07, 6.45) is 0. The highest BCUT2D eigenvalue weighted by atomic mass is 35.5. The van der Waals surface area contributed by atoms with Gasteiger partial charge in [0, 0.05) is 16.3 Å². The second kappa shape index (κ2) is 7.81. The molecule has 30 heavy (non-hydrogen) atoms. The monoisotopic (exact) mass is 417 g/mol. The van der Waals surface area contributed by atoms with Crippen LogP contribution >= 0.6 is 11.6 Å². The van der Waals surface area contributed by atoms with E-state index in [0.29, 0.717) is 16.3 Å². The minimum atomic E-state index is -0.760. The molecule has 1 aliphatic rings. The molecule has 1 fully saturated rings. The molecule has 0 saturated carbocycles. The Morgan fingerprint density at radius 2 is 1.60 bits per heavy atom. The summed E-state index contributed by atoms with van der Waals surface area (Å²) in [5.41, 5.74) is 3.70. The Morgan fingerprint density at radius 3 is 2.23 bits per heavy atom. The van der Waals surface area contributed by atoms with E-state index < -0.39 is 17.7 Å². The number of aliphatic hydroxyl groups is 1. The maximum Gasteiger partial charge on any atom is 0.300 e. The van der Waals surface area contributed by atoms with Crippen molar-refractivity contribution in [3.63, 3.8) is 0 Å². The molecule has 150 valence electrons. The number of anilines is 1. The Labute approximate surface area is 180 Å². The zero-order chi connectivity index (χ0) is 21.4. The lowest BCUT2D eigenvalue weighted by Gasteiger charge is -2.26. The first-order valence-corrected chi connectivity index (χ1v) is 9.95. The Kier molecular flexibility index (Phi) is 5.18. The number of hydrogen-bond donors (Lipinski definition) is 1. The van der Waals surface area contributed by atoms with Crippen LogP contribution in [0.15, 0.2) is 78.4 Å². The highest BCUT2D eigenvalue weighted by Crippen LogP contribution is 2.42. The number of benzene rings is 3. The van der Waals surface area contributed by atoms with E-state index in [0.717, 1.165) is 16.7 Å². The van der Waals surface area contributed by atoms with Gasteiger partial charge in [0.2, 0.25) is 0 Å². The Bertz CT molecular complexity index is 1170. The molecular weight excluding hydrogens is 398 g/mol. The maximum absolute atomic E-state index is 13.1. The normalized spacial score (nSPS) is 18.1. The SMILES string of the molecule is Cc1ccc([C@@H]2/C(=C(\O)c3ccccc3)C(=O)C(=O)N2c2ccc(C)c(Cl)c2)cc1. The van der Waals surface area contributed by atoms with Gasteiger partial charge in [-0.25, -0.2) is 0 Å². The predicted molar refractivity (Wildman–Crippen MR) is 119 cm³/mol. The van der Waals surface area contributed by atoms with Crippen molar-refractivity contribution in [2.75, 3.05) is 4.90 Å². The van der Waals surface area contributed by atoms with Gasteiger partial charge in [-0.1, -0.05) is 77.8 Å². The molecule has 1 amide bonds. The number of carbonyl (C=O) groups is 2. The fourth-order valence-corrected chi connectivity index (χ4v) is 3.82. The van der Waals surface area contributed by atoms with Crippen LogP contribution in [0.4, 0.5) is 5.69 Å². The number of rotatable bonds is 3. The first-order chi connectivity index (χ1) is 14.4. The van der Waals surface area contributed by atoms with Crippen LogP contribution in [-0.4, -0.2) is 16.8 Å². The summed E-state index contributed by atoms with van der Waals surface area (Å²) in [5, 5.41) is 11.5. The van der Waals surface area contributed by atoms with E-state index in [-0.39, 0.29) is 11.3 Å². The molecule has 3 aromatic rings. The third kappa shape index (κ3) is 3.40. The Hall–Kier alpha value is -3.37. The second-order valence-electron chi connectivity index (χ2n) is 7.38. The van der Waals surface area contributed by atoms with Crippen molar-refractivity contribution in [2.24, 2.45) is 0 Å². The summed E-state index contributed by atoms with van der Waals surface area (Å²) in [7, 11) is 0. The van der Waals surface area contributed by atoms with Crippen LogP contribution < -0.4 is 4.90 Å². The van der Waals surface area contributed by atoms with Crippen LogP contribution in [0.3, 0.4) is 0 Å². The quantitative estimate of drug-likeness (QED) is 0.343. The number of Topliss-reactive ketones (excluding diaryl/α,β-unsaturated/α-hetero) is 1. The first-order valence-electron chi connectivity index (χ1n) is 9.57. The van der Waals surface area contributed by atoms with Crippen molar-refractivity contribution in [1.82, 2.24) is 0 Å². The van der Waals surface area contributed by atoms with Gasteiger partial charge >= 0.3 is 0 Å². The van der Waals surface area contributed by atoms with Gasteiger partial charge in [0.25, 0.3) is 11.7 Å². The van der Waals surface area contributed by atoms with Crippen molar-refractivity contribution < 1.29 is 14.7 Å². The number of ketones is 1. The van der Waals surface area contributed by atoms with E-state index in [1.165, 1.54) is 4.90 Å². The van der Waals surface area contributed by atoms with Gasteiger partial charge in [0.05, 0.1) is 11.6 Å². The van der Waals surface area contributed by atoms with E-state index >= 15 is 0 Å². The minimum Gasteiger partial charge on any atom is -0.507 e. The zero-order valence-corrected chi connectivity index (χ0v) is 17.4. The smallest absolute Gasteiger partial charge is 0.300 e. The largest absolute Gasteiger partial charge is 0.507 e. The molecule has 1 atom stereocenters. The summed E-state index contributed by atoms with van der Waals surface area (Å²) in [6.45, 7) is 3.83. The van der Waals surface area contributed by atoms with Gasteiger partial charge in [0.1, 0.15) is 5.76 Å². The van der Waals surface area contributed by atoms with Crippen LogP contribution in [0.2, 0.25) is 5.02 Å². The number of halogens is 1. The number of nitrogens with zero attached hydrogens (tertiary/aromatic N) is 1. The van der Waals surface area contributed by atoms with Gasteiger partial charge in [-0.05, 0) is 37.1 Å². The Balaban J connectivity index is 1.95. The van der Waals surface area contributed by atoms with Crippen LogP contribution in [0.1, 0.15) is 28.3 Å². The molecule has 1 saturated heterocycles. The molecule has 4 nitrogen and oxygen atoms in total. The number of amides is 1. The molecule has 4 rings (SSSR count).